The minimum absolute atomic E-state index is 0.802. The van der Waals surface area contributed by atoms with Crippen molar-refractivity contribution in [2.75, 3.05) is 6.61 Å². The van der Waals surface area contributed by atoms with E-state index < -0.39 is 5.56 Å². The molecule has 0 N–H and O–H groups in total. The normalized spacial score (nSPS) is 12.0. The summed E-state index contributed by atoms with van der Waals surface area (Å²) < 4.78 is 5.58. The number of hydrogen-bond acceptors (Lipinski definition) is 1. The highest BCUT2D eigenvalue weighted by Crippen LogP contribution is 2.28. The molecule has 74 valence electrons. The Morgan fingerprint density at radius 1 is 1.08 bits per heavy atom. The Bertz CT molecular complexity index is 109. The van der Waals surface area contributed by atoms with Gasteiger partial charge >= 0.3 is 5.56 Å². The summed E-state index contributed by atoms with van der Waals surface area (Å²) in [5.74, 6) is 0. The van der Waals surface area contributed by atoms with Crippen LogP contribution in [0.1, 0.15) is 39.5 Å². The summed E-state index contributed by atoms with van der Waals surface area (Å²) in [6, 6.07) is 1.17. The molecule has 0 saturated carbocycles. The van der Waals surface area contributed by atoms with Gasteiger partial charge in [0.15, 0.2) is 0 Å². The van der Waals surface area contributed by atoms with Crippen LogP contribution < -0.4 is 0 Å². The predicted molar refractivity (Wildman–Crippen MR) is 64.2 cm³/mol. The maximum atomic E-state index is 5.58. The summed E-state index contributed by atoms with van der Waals surface area (Å²) in [5.41, 5.74) is -1.63. The van der Waals surface area contributed by atoms with E-state index in [2.05, 4.69) is 37.5 Å². The van der Waals surface area contributed by atoms with Gasteiger partial charge in [0.1, 0.15) is 0 Å². The lowest BCUT2D eigenvalue weighted by Crippen LogP contribution is -2.22. The molecule has 0 aliphatic heterocycles. The minimum Gasteiger partial charge on any atom is -0.399 e. The molecule has 0 unspecified atom stereocenters. The molecule has 0 amide bonds. The van der Waals surface area contributed by atoms with Gasteiger partial charge in [-0.15, -0.1) is 0 Å². The van der Waals surface area contributed by atoms with Gasteiger partial charge in [-0.05, 0) is 13.0 Å². The fraction of sp³-hybridized carbons (Fsp3) is 1.00. The van der Waals surface area contributed by atoms with Crippen molar-refractivity contribution in [3.63, 3.8) is 0 Å². The van der Waals surface area contributed by atoms with Crippen LogP contribution >= 0.6 is 30.6 Å². The highest BCUT2D eigenvalue weighted by Gasteiger charge is 2.26. The van der Waals surface area contributed by atoms with Gasteiger partial charge in [-0.1, -0.05) is 63.2 Å². The van der Waals surface area contributed by atoms with Gasteiger partial charge in [-0.2, -0.15) is 0 Å². The van der Waals surface area contributed by atoms with E-state index >= 15 is 0 Å². The third-order valence-electron chi connectivity index (χ3n) is 1.68. The second kappa shape index (κ2) is 7.53. The van der Waals surface area contributed by atoms with E-state index in [0.717, 1.165) is 6.61 Å². The Morgan fingerprint density at radius 3 is 2.25 bits per heavy atom. The molecular formula is C8H18Br2OSi. The zero-order valence-electron chi connectivity index (χ0n) is 7.91. The van der Waals surface area contributed by atoms with Gasteiger partial charge < -0.3 is 4.43 Å². The molecule has 4 heteroatoms. The first-order valence-corrected chi connectivity index (χ1v) is 11.3. The number of halogens is 2. The maximum Gasteiger partial charge on any atom is 0.336 e. The molecule has 0 aromatic heterocycles. The molecule has 0 fully saturated rings. The molecule has 0 spiro atoms. The number of hydrogen-bond donors (Lipinski definition) is 0. The van der Waals surface area contributed by atoms with Crippen molar-refractivity contribution >= 4 is 36.1 Å². The first-order chi connectivity index (χ1) is 5.62. The average Bonchev–Trinajstić information content (AvgIpc) is 1.98. The van der Waals surface area contributed by atoms with Crippen molar-refractivity contribution in [3.8, 4) is 0 Å². The molecule has 0 aromatic rings. The monoisotopic (exact) mass is 316 g/mol. The summed E-state index contributed by atoms with van der Waals surface area (Å²) in [4.78, 5) is 0. The van der Waals surface area contributed by atoms with E-state index in [4.69, 9.17) is 4.43 Å². The second-order valence-electron chi connectivity index (χ2n) is 2.88. The van der Waals surface area contributed by atoms with E-state index in [-0.39, 0.29) is 0 Å². The van der Waals surface area contributed by atoms with Crippen LogP contribution in [0, 0.1) is 0 Å². The molecule has 0 atom stereocenters. The molecule has 0 aliphatic rings. The highest BCUT2D eigenvalue weighted by molar-refractivity contribution is 9.50. The molecule has 0 bridgehead atoms. The van der Waals surface area contributed by atoms with E-state index in [1.54, 1.807) is 0 Å². The van der Waals surface area contributed by atoms with Crippen LogP contribution in [-0.2, 0) is 4.43 Å². The average molecular weight is 318 g/mol. The zero-order valence-corrected chi connectivity index (χ0v) is 12.1. The fourth-order valence-corrected chi connectivity index (χ4v) is 5.32. The number of unbranched alkanes of at least 4 members (excludes halogenated alkanes) is 3. The van der Waals surface area contributed by atoms with E-state index in [1.807, 2.05) is 6.92 Å². The maximum absolute atomic E-state index is 5.58. The molecule has 0 rings (SSSR count). The SMILES string of the molecule is CCCCCC[Si](Br)(Br)OCC. The Hall–Kier alpha value is 1.14. The van der Waals surface area contributed by atoms with Gasteiger partial charge in [-0.25, -0.2) is 0 Å². The lowest BCUT2D eigenvalue weighted by Gasteiger charge is -2.16. The van der Waals surface area contributed by atoms with Gasteiger partial charge in [0, 0.05) is 6.61 Å². The third kappa shape index (κ3) is 7.77. The van der Waals surface area contributed by atoms with Gasteiger partial charge in [0.2, 0.25) is 0 Å². The van der Waals surface area contributed by atoms with Gasteiger partial charge in [0.05, 0.1) is 0 Å². The minimum atomic E-state index is -1.63. The summed E-state index contributed by atoms with van der Waals surface area (Å²) in [6.45, 7) is 5.07. The first-order valence-electron chi connectivity index (χ1n) is 4.64. The van der Waals surface area contributed by atoms with Gasteiger partial charge in [0.25, 0.3) is 0 Å². The lowest BCUT2D eigenvalue weighted by molar-refractivity contribution is 0.351. The van der Waals surface area contributed by atoms with Crippen LogP contribution in [0.4, 0.5) is 0 Å². The van der Waals surface area contributed by atoms with Crippen molar-refractivity contribution in [2.45, 2.75) is 45.6 Å². The van der Waals surface area contributed by atoms with Crippen LogP contribution in [0.25, 0.3) is 0 Å². The topological polar surface area (TPSA) is 9.23 Å². The van der Waals surface area contributed by atoms with E-state index in [1.165, 1.54) is 31.7 Å². The Morgan fingerprint density at radius 2 is 1.75 bits per heavy atom. The van der Waals surface area contributed by atoms with Crippen molar-refractivity contribution in [1.29, 1.82) is 0 Å². The second-order valence-corrected chi connectivity index (χ2v) is 15.8. The third-order valence-corrected chi connectivity index (χ3v) is 7.08. The zero-order chi connectivity index (χ0) is 9.45. The molecular weight excluding hydrogens is 300 g/mol. The molecule has 1 nitrogen and oxygen atoms in total. The van der Waals surface area contributed by atoms with Crippen LogP contribution in [0.2, 0.25) is 6.04 Å². The lowest BCUT2D eigenvalue weighted by atomic mass is 10.2. The summed E-state index contributed by atoms with van der Waals surface area (Å²) in [6.07, 6.45) is 5.25. The van der Waals surface area contributed by atoms with Crippen molar-refractivity contribution in [3.05, 3.63) is 0 Å². The van der Waals surface area contributed by atoms with Crippen molar-refractivity contribution in [2.24, 2.45) is 0 Å². The molecule has 0 heterocycles. The van der Waals surface area contributed by atoms with Gasteiger partial charge in [-0.3, -0.25) is 0 Å². The molecule has 12 heavy (non-hydrogen) atoms. The molecule has 0 aliphatic carbocycles. The first kappa shape index (κ1) is 13.1. The number of rotatable bonds is 7. The van der Waals surface area contributed by atoms with Crippen LogP contribution in [0.3, 0.4) is 0 Å². The van der Waals surface area contributed by atoms with Crippen molar-refractivity contribution < 1.29 is 4.43 Å². The Labute approximate surface area is 92.5 Å². The Kier molecular flexibility index (Phi) is 8.25. The van der Waals surface area contributed by atoms with Crippen LogP contribution in [0.5, 0.6) is 0 Å². The fourth-order valence-electron chi connectivity index (χ4n) is 1.04. The molecule has 0 radical (unpaired) electrons. The molecule has 0 saturated heterocycles. The summed E-state index contributed by atoms with van der Waals surface area (Å²) in [5, 5.41) is 0. The van der Waals surface area contributed by atoms with Crippen LogP contribution in [-0.4, -0.2) is 12.2 Å². The Balaban J connectivity index is 3.33. The van der Waals surface area contributed by atoms with Crippen molar-refractivity contribution in [1.82, 2.24) is 0 Å². The van der Waals surface area contributed by atoms with E-state index in [9.17, 15) is 0 Å². The largest absolute Gasteiger partial charge is 0.399 e. The summed E-state index contributed by atoms with van der Waals surface area (Å²) >= 11 is 7.26. The quantitative estimate of drug-likeness (QED) is 0.386. The highest BCUT2D eigenvalue weighted by atomic mass is 79.9. The smallest absolute Gasteiger partial charge is 0.336 e. The summed E-state index contributed by atoms with van der Waals surface area (Å²) in [7, 11) is 0. The standard InChI is InChI=1S/C8H18Br2OSi/c1-3-5-6-7-8-12(9,10)11-4-2/h3-8H2,1-2H3. The van der Waals surface area contributed by atoms with Crippen LogP contribution in [0.15, 0.2) is 0 Å². The predicted octanol–water partition coefficient (Wildman–Crippen LogP) is 4.33. The van der Waals surface area contributed by atoms with E-state index in [0.29, 0.717) is 0 Å². The molecule has 0 aromatic carbocycles.